The van der Waals surface area contributed by atoms with Gasteiger partial charge in [-0.1, -0.05) is 18.2 Å². The Labute approximate surface area is 252 Å². The van der Waals surface area contributed by atoms with Gasteiger partial charge in [-0.3, -0.25) is 14.6 Å². The van der Waals surface area contributed by atoms with Gasteiger partial charge >= 0.3 is 0 Å². The van der Waals surface area contributed by atoms with E-state index in [1.54, 1.807) is 0 Å². The van der Waals surface area contributed by atoms with E-state index in [0.29, 0.717) is 0 Å². The third kappa shape index (κ3) is 4.22. The molecule has 1 aromatic carbocycles. The van der Waals surface area contributed by atoms with Gasteiger partial charge in [0.05, 0.1) is 35.0 Å². The number of carbonyl (C=O) groups excluding carboxylic acids is 1. The lowest BCUT2D eigenvalue weighted by Crippen LogP contribution is -2.63. The number of H-pyrrole nitrogens is 1. The van der Waals surface area contributed by atoms with Crippen LogP contribution in [0.3, 0.4) is 0 Å². The Morgan fingerprint density at radius 3 is 2.64 bits per heavy atom. The highest BCUT2D eigenvalue weighted by Crippen LogP contribution is 2.56. The van der Waals surface area contributed by atoms with E-state index >= 15 is 0 Å². The Kier molecular flexibility index (Phi) is 6.36. The number of halogens is 1. The van der Waals surface area contributed by atoms with Gasteiger partial charge in [0.1, 0.15) is 0 Å². The number of nitrogens with zero attached hydrogens (tertiary/aromatic N) is 6. The predicted octanol–water partition coefficient (Wildman–Crippen LogP) is 5.13. The topological polar surface area (TPSA) is 82.5 Å². The second-order valence-electron chi connectivity index (χ2n) is 14.1. The minimum absolute atomic E-state index is 0.0281. The molecule has 2 aromatic heterocycles. The molecule has 7 rings (SSSR count). The molecule has 1 amide bonds. The molecule has 3 saturated heterocycles. The SMILES string of the molecule is C=CC(=O)N1CC2(CC(n3nc(N4CCC5(CN(C)CCO5)CC4(C)C)c(-c4c(Cl)c(C)cc5[nH]ncc45)c3C)C2)C1. The van der Waals surface area contributed by atoms with E-state index in [1.165, 1.54) is 6.08 Å². The lowest BCUT2D eigenvalue weighted by Gasteiger charge is -2.58. The molecule has 3 aromatic rings. The summed E-state index contributed by atoms with van der Waals surface area (Å²) in [4.78, 5) is 18.9. The molecule has 0 radical (unpaired) electrons. The first kappa shape index (κ1) is 27.9. The number of aryl methyl sites for hydroxylation is 1. The van der Waals surface area contributed by atoms with Crippen LogP contribution in [0.4, 0.5) is 5.82 Å². The van der Waals surface area contributed by atoms with Crippen molar-refractivity contribution in [3.8, 4) is 11.1 Å². The summed E-state index contributed by atoms with van der Waals surface area (Å²) in [5.41, 5.74) is 5.10. The fourth-order valence-corrected chi connectivity index (χ4v) is 8.73. The lowest BCUT2D eigenvalue weighted by atomic mass is 9.60. The zero-order chi connectivity index (χ0) is 29.6. The fourth-order valence-electron chi connectivity index (χ4n) is 8.48. The van der Waals surface area contributed by atoms with Gasteiger partial charge in [0.25, 0.3) is 0 Å². The van der Waals surface area contributed by atoms with Crippen LogP contribution < -0.4 is 4.90 Å². The highest BCUT2D eigenvalue weighted by atomic mass is 35.5. The van der Waals surface area contributed by atoms with Gasteiger partial charge in [-0.15, -0.1) is 0 Å². The standard InChI is InChI=1S/C32H42ClN7O2/c1-7-25(41)38-17-31(18-38)13-22(14-31)40-21(3)26(27-23-15-34-35-24(23)12-20(2)28(27)33)29(36-40)39-9-8-32(16-30(39,4)5)19-37(6)10-11-42-32/h7,12,15,22H,1,8-11,13-14,16-19H2,2-6H3,(H,34,35). The number of nitrogens with one attached hydrogen (secondary N) is 1. The summed E-state index contributed by atoms with van der Waals surface area (Å²) in [5, 5.41) is 14.7. The van der Waals surface area contributed by atoms with Gasteiger partial charge in [0.15, 0.2) is 5.82 Å². The minimum atomic E-state index is -0.178. The molecule has 1 saturated carbocycles. The number of hydrogen-bond donors (Lipinski definition) is 1. The van der Waals surface area contributed by atoms with Gasteiger partial charge in [-0.2, -0.15) is 10.2 Å². The molecule has 10 heteroatoms. The summed E-state index contributed by atoms with van der Waals surface area (Å²) < 4.78 is 8.75. The van der Waals surface area contributed by atoms with Crippen LogP contribution >= 0.6 is 11.6 Å². The van der Waals surface area contributed by atoms with E-state index in [9.17, 15) is 4.79 Å². The van der Waals surface area contributed by atoms with Crippen molar-refractivity contribution in [3.63, 3.8) is 0 Å². The van der Waals surface area contributed by atoms with Gasteiger partial charge < -0.3 is 19.4 Å². The second kappa shape index (κ2) is 9.56. The van der Waals surface area contributed by atoms with Crippen molar-refractivity contribution in [1.29, 1.82) is 0 Å². The highest BCUT2D eigenvalue weighted by molar-refractivity contribution is 6.36. The smallest absolute Gasteiger partial charge is 0.245 e. The summed E-state index contributed by atoms with van der Waals surface area (Å²) >= 11 is 7.15. The summed E-state index contributed by atoms with van der Waals surface area (Å²) in [6, 6.07) is 2.36. The number of anilines is 1. The van der Waals surface area contributed by atoms with Gasteiger partial charge in [0.2, 0.25) is 5.91 Å². The van der Waals surface area contributed by atoms with Gasteiger partial charge in [0, 0.05) is 72.3 Å². The molecule has 1 aliphatic carbocycles. The monoisotopic (exact) mass is 591 g/mol. The molecule has 1 unspecified atom stereocenters. The van der Waals surface area contributed by atoms with Crippen LogP contribution in [0.15, 0.2) is 24.9 Å². The van der Waals surface area contributed by atoms with E-state index in [-0.39, 0.29) is 28.5 Å². The number of aromatic amines is 1. The molecular weight excluding hydrogens is 550 g/mol. The number of fused-ring (bicyclic) bond motifs is 1. The van der Waals surface area contributed by atoms with Crippen LogP contribution in [0.2, 0.25) is 5.02 Å². The van der Waals surface area contributed by atoms with Crippen molar-refractivity contribution in [2.45, 2.75) is 70.6 Å². The molecule has 3 aliphatic heterocycles. The number of likely N-dealkylation sites (tertiary alicyclic amines) is 1. The zero-order valence-corrected chi connectivity index (χ0v) is 26.2. The average Bonchev–Trinajstić information content (AvgIpc) is 3.47. The second-order valence-corrected chi connectivity index (χ2v) is 14.4. The normalized spacial score (nSPS) is 25.7. The summed E-state index contributed by atoms with van der Waals surface area (Å²) in [6.45, 7) is 17.7. The number of likely N-dealkylation sites (N-methyl/N-ethyl adjacent to an activating group) is 1. The van der Waals surface area contributed by atoms with Crippen molar-refractivity contribution in [2.75, 3.05) is 51.3 Å². The first-order valence-corrected chi connectivity index (χ1v) is 15.6. The average molecular weight is 592 g/mol. The van der Waals surface area contributed by atoms with Crippen LogP contribution in [-0.2, 0) is 9.53 Å². The molecule has 5 heterocycles. The number of rotatable bonds is 4. The predicted molar refractivity (Wildman–Crippen MR) is 166 cm³/mol. The molecule has 224 valence electrons. The van der Waals surface area contributed by atoms with Crippen LogP contribution in [0.1, 0.15) is 56.8 Å². The zero-order valence-electron chi connectivity index (χ0n) is 25.5. The Morgan fingerprint density at radius 1 is 1.19 bits per heavy atom. The molecule has 0 bridgehead atoms. The van der Waals surface area contributed by atoms with Crippen molar-refractivity contribution in [1.82, 2.24) is 29.8 Å². The number of morpholine rings is 1. The van der Waals surface area contributed by atoms with E-state index in [1.807, 2.05) is 11.1 Å². The van der Waals surface area contributed by atoms with Gasteiger partial charge in [-0.25, -0.2) is 0 Å². The number of benzene rings is 1. The number of amides is 1. The third-order valence-electron chi connectivity index (χ3n) is 10.4. The maximum absolute atomic E-state index is 12.1. The number of carbonyl (C=O) groups is 1. The Morgan fingerprint density at radius 2 is 1.95 bits per heavy atom. The highest BCUT2D eigenvalue weighted by Gasteiger charge is 2.55. The Balaban J connectivity index is 1.29. The maximum Gasteiger partial charge on any atom is 0.245 e. The molecule has 2 spiro atoms. The molecule has 1 N–H and O–H groups in total. The van der Waals surface area contributed by atoms with Crippen LogP contribution in [0.5, 0.6) is 0 Å². The molecule has 4 aliphatic rings. The molecule has 1 atom stereocenters. The van der Waals surface area contributed by atoms with E-state index in [4.69, 9.17) is 21.4 Å². The summed E-state index contributed by atoms with van der Waals surface area (Å²) in [7, 11) is 2.20. The first-order valence-electron chi connectivity index (χ1n) is 15.2. The maximum atomic E-state index is 12.1. The van der Waals surface area contributed by atoms with E-state index in [0.717, 1.165) is 109 Å². The number of ether oxygens (including phenoxy) is 1. The minimum Gasteiger partial charge on any atom is -0.372 e. The third-order valence-corrected chi connectivity index (χ3v) is 10.9. The van der Waals surface area contributed by atoms with Crippen molar-refractivity contribution >= 4 is 34.2 Å². The van der Waals surface area contributed by atoms with E-state index in [2.05, 4.69) is 72.1 Å². The van der Waals surface area contributed by atoms with Crippen molar-refractivity contribution < 1.29 is 9.53 Å². The first-order chi connectivity index (χ1) is 19.9. The summed E-state index contributed by atoms with van der Waals surface area (Å²) in [6.07, 6.45) is 7.22. The quantitative estimate of drug-likeness (QED) is 0.424. The number of aromatic nitrogens is 4. The Bertz CT molecular complexity index is 1580. The van der Waals surface area contributed by atoms with Crippen LogP contribution in [0, 0.1) is 19.3 Å². The lowest BCUT2D eigenvalue weighted by molar-refractivity contribution is -0.149. The largest absolute Gasteiger partial charge is 0.372 e. The van der Waals surface area contributed by atoms with Crippen molar-refractivity contribution in [3.05, 3.63) is 41.2 Å². The summed E-state index contributed by atoms with van der Waals surface area (Å²) in [5.74, 6) is 1.02. The van der Waals surface area contributed by atoms with Gasteiger partial charge in [-0.05, 0) is 71.7 Å². The van der Waals surface area contributed by atoms with Crippen molar-refractivity contribution in [2.24, 2.45) is 5.41 Å². The number of hydrogen-bond acceptors (Lipinski definition) is 6. The number of piperidine rings is 1. The molecule has 9 nitrogen and oxygen atoms in total. The van der Waals surface area contributed by atoms with Crippen LogP contribution in [-0.4, -0.2) is 93.2 Å². The molecule has 42 heavy (non-hydrogen) atoms. The fraction of sp³-hybridized carbons (Fsp3) is 0.594. The molecule has 4 fully saturated rings. The molecular formula is C32H42ClN7O2. The van der Waals surface area contributed by atoms with Crippen LogP contribution in [0.25, 0.3) is 22.0 Å². The Hall–Kier alpha value is -2.88. The van der Waals surface area contributed by atoms with E-state index < -0.39 is 0 Å².